The van der Waals surface area contributed by atoms with Gasteiger partial charge in [-0.25, -0.2) is 4.98 Å². The number of hydrogen-bond donors (Lipinski definition) is 1. The van der Waals surface area contributed by atoms with Gasteiger partial charge in [0.2, 0.25) is 0 Å². The lowest BCUT2D eigenvalue weighted by atomic mass is 10.1. The second-order valence-electron chi connectivity index (χ2n) is 7.82. The van der Waals surface area contributed by atoms with Gasteiger partial charge in [0.05, 0.1) is 12.8 Å². The van der Waals surface area contributed by atoms with E-state index in [1.54, 1.807) is 30.2 Å². The average Bonchev–Trinajstić information content (AvgIpc) is 3.24. The maximum Gasteiger partial charge on any atom is 0.192 e. The minimum absolute atomic E-state index is 0.487. The number of nitrogens with zero attached hydrogens (tertiary/aromatic N) is 4. The SMILES string of the molecule is COc1ccc(-c2nc(CSc3nnc(-c4c[nH]c5ccccc45)n3C3CC3)cs2)cc1. The molecule has 1 saturated carbocycles. The van der Waals surface area contributed by atoms with Crippen LogP contribution in [0.25, 0.3) is 32.9 Å². The van der Waals surface area contributed by atoms with E-state index in [9.17, 15) is 0 Å². The van der Waals surface area contributed by atoms with E-state index in [1.807, 2.05) is 36.5 Å². The van der Waals surface area contributed by atoms with Crippen LogP contribution in [-0.4, -0.2) is 31.8 Å². The van der Waals surface area contributed by atoms with E-state index in [-0.39, 0.29) is 0 Å². The van der Waals surface area contributed by atoms with Crippen LogP contribution in [0.2, 0.25) is 0 Å². The van der Waals surface area contributed by atoms with Gasteiger partial charge >= 0.3 is 0 Å². The molecule has 0 unspecified atom stereocenters. The summed E-state index contributed by atoms with van der Waals surface area (Å²) in [4.78, 5) is 8.19. The summed E-state index contributed by atoms with van der Waals surface area (Å²) in [6, 6.07) is 16.9. The maximum absolute atomic E-state index is 5.25. The second-order valence-corrected chi connectivity index (χ2v) is 9.62. The number of nitrogens with one attached hydrogen (secondary N) is 1. The van der Waals surface area contributed by atoms with Crippen LogP contribution in [0, 0.1) is 0 Å². The number of hydrogen-bond acceptors (Lipinski definition) is 6. The summed E-state index contributed by atoms with van der Waals surface area (Å²) in [6.45, 7) is 0. The normalized spacial score (nSPS) is 13.7. The number of rotatable bonds is 7. The standard InChI is InChI=1S/C24H21N5OS2/c1-30-18-10-6-15(7-11-18)23-26-16(13-31-23)14-32-24-28-27-22(29(24)17-8-9-17)20-12-25-21-5-3-2-4-19(20)21/h2-7,10-13,17,25H,8-9,14H2,1H3. The van der Waals surface area contributed by atoms with E-state index in [2.05, 4.69) is 43.3 Å². The predicted octanol–water partition coefficient (Wildman–Crippen LogP) is 6.19. The van der Waals surface area contributed by atoms with Crippen molar-refractivity contribution in [1.82, 2.24) is 24.7 Å². The molecule has 0 aliphatic heterocycles. The van der Waals surface area contributed by atoms with E-state index in [0.29, 0.717) is 6.04 Å². The Morgan fingerprint density at radius 2 is 1.97 bits per heavy atom. The molecule has 5 aromatic rings. The van der Waals surface area contributed by atoms with Crippen LogP contribution in [0.3, 0.4) is 0 Å². The van der Waals surface area contributed by atoms with Gasteiger partial charge in [-0.15, -0.1) is 21.5 Å². The molecule has 6 nitrogen and oxygen atoms in total. The lowest BCUT2D eigenvalue weighted by Gasteiger charge is -2.07. The molecule has 0 radical (unpaired) electrons. The Hall–Kier alpha value is -3.10. The van der Waals surface area contributed by atoms with Crippen molar-refractivity contribution in [2.75, 3.05) is 7.11 Å². The van der Waals surface area contributed by atoms with Crippen molar-refractivity contribution in [3.05, 3.63) is 65.8 Å². The Morgan fingerprint density at radius 3 is 2.78 bits per heavy atom. The predicted molar refractivity (Wildman–Crippen MR) is 129 cm³/mol. The number of ether oxygens (including phenoxy) is 1. The molecule has 1 aliphatic carbocycles. The number of fused-ring (bicyclic) bond motifs is 1. The summed E-state index contributed by atoms with van der Waals surface area (Å²) in [7, 11) is 1.68. The van der Waals surface area contributed by atoms with Crippen LogP contribution in [0.5, 0.6) is 5.75 Å². The number of benzene rings is 2. The zero-order valence-electron chi connectivity index (χ0n) is 17.5. The molecule has 8 heteroatoms. The Kier molecular flexibility index (Phi) is 4.96. The quantitative estimate of drug-likeness (QED) is 0.294. The molecule has 3 aromatic heterocycles. The Morgan fingerprint density at radius 1 is 1.12 bits per heavy atom. The van der Waals surface area contributed by atoms with Crippen molar-refractivity contribution in [3.63, 3.8) is 0 Å². The van der Waals surface area contributed by atoms with Gasteiger partial charge in [-0.2, -0.15) is 0 Å². The van der Waals surface area contributed by atoms with Crippen LogP contribution < -0.4 is 4.74 Å². The summed E-state index contributed by atoms with van der Waals surface area (Å²) in [5, 5.41) is 14.5. The first-order valence-electron chi connectivity index (χ1n) is 10.5. The van der Waals surface area contributed by atoms with Crippen LogP contribution in [0.4, 0.5) is 0 Å². The van der Waals surface area contributed by atoms with Gasteiger partial charge in [0.1, 0.15) is 10.8 Å². The number of methoxy groups -OCH3 is 1. The van der Waals surface area contributed by atoms with Gasteiger partial charge in [-0.3, -0.25) is 4.57 Å². The van der Waals surface area contributed by atoms with Crippen LogP contribution in [0.15, 0.2) is 65.3 Å². The van der Waals surface area contributed by atoms with Crippen molar-refractivity contribution >= 4 is 34.0 Å². The molecule has 0 amide bonds. The Labute approximate surface area is 193 Å². The van der Waals surface area contributed by atoms with E-state index in [1.165, 1.54) is 18.2 Å². The topological polar surface area (TPSA) is 68.6 Å². The Balaban J connectivity index is 1.24. The third-order valence-corrected chi connectivity index (χ3v) is 7.56. The number of thiazole rings is 1. The zero-order valence-corrected chi connectivity index (χ0v) is 19.1. The number of aromatic amines is 1. The molecule has 0 atom stereocenters. The third kappa shape index (κ3) is 3.59. The van der Waals surface area contributed by atoms with Crippen molar-refractivity contribution in [2.45, 2.75) is 29.8 Å². The molecule has 3 heterocycles. The summed E-state index contributed by atoms with van der Waals surface area (Å²) in [5.41, 5.74) is 4.40. The fraction of sp³-hybridized carbons (Fsp3) is 0.208. The highest BCUT2D eigenvalue weighted by Gasteiger charge is 2.31. The fourth-order valence-electron chi connectivity index (χ4n) is 3.86. The molecule has 32 heavy (non-hydrogen) atoms. The summed E-state index contributed by atoms with van der Waals surface area (Å²) in [6.07, 6.45) is 4.40. The fourth-order valence-corrected chi connectivity index (χ4v) is 5.68. The molecule has 1 aliphatic rings. The van der Waals surface area contributed by atoms with Gasteiger partial charge < -0.3 is 9.72 Å². The summed E-state index contributed by atoms with van der Waals surface area (Å²) >= 11 is 3.38. The minimum Gasteiger partial charge on any atom is -0.497 e. The molecule has 1 fully saturated rings. The molecule has 160 valence electrons. The van der Waals surface area contributed by atoms with Gasteiger partial charge in [0, 0.05) is 45.4 Å². The smallest absolute Gasteiger partial charge is 0.192 e. The Bertz CT molecular complexity index is 1380. The monoisotopic (exact) mass is 459 g/mol. The van der Waals surface area contributed by atoms with Crippen molar-refractivity contribution in [3.8, 4) is 27.7 Å². The van der Waals surface area contributed by atoms with Gasteiger partial charge in [0.25, 0.3) is 0 Å². The van der Waals surface area contributed by atoms with E-state index < -0.39 is 0 Å². The first-order valence-corrected chi connectivity index (χ1v) is 12.4. The lowest BCUT2D eigenvalue weighted by Crippen LogP contribution is -1.99. The van der Waals surface area contributed by atoms with E-state index in [4.69, 9.17) is 9.72 Å². The lowest BCUT2D eigenvalue weighted by molar-refractivity contribution is 0.415. The number of aromatic nitrogens is 5. The average molecular weight is 460 g/mol. The molecular weight excluding hydrogens is 438 g/mol. The molecule has 6 rings (SSSR count). The van der Waals surface area contributed by atoms with E-state index in [0.717, 1.165) is 49.8 Å². The van der Waals surface area contributed by atoms with Crippen LogP contribution in [0.1, 0.15) is 24.6 Å². The van der Waals surface area contributed by atoms with Crippen molar-refractivity contribution in [1.29, 1.82) is 0 Å². The van der Waals surface area contributed by atoms with Crippen LogP contribution >= 0.6 is 23.1 Å². The highest BCUT2D eigenvalue weighted by Crippen LogP contribution is 2.42. The van der Waals surface area contributed by atoms with Crippen LogP contribution in [-0.2, 0) is 5.75 Å². The minimum atomic E-state index is 0.487. The highest BCUT2D eigenvalue weighted by atomic mass is 32.2. The molecule has 0 saturated heterocycles. The first-order chi connectivity index (χ1) is 15.8. The summed E-state index contributed by atoms with van der Waals surface area (Å²) in [5.74, 6) is 2.57. The molecule has 1 N–H and O–H groups in total. The first kappa shape index (κ1) is 19.6. The van der Waals surface area contributed by atoms with Crippen molar-refractivity contribution in [2.24, 2.45) is 0 Å². The number of H-pyrrole nitrogens is 1. The van der Waals surface area contributed by atoms with Crippen molar-refractivity contribution < 1.29 is 4.74 Å². The molecule has 2 aromatic carbocycles. The summed E-state index contributed by atoms with van der Waals surface area (Å²) < 4.78 is 7.56. The highest BCUT2D eigenvalue weighted by molar-refractivity contribution is 7.98. The largest absolute Gasteiger partial charge is 0.497 e. The van der Waals surface area contributed by atoms with E-state index >= 15 is 0 Å². The molecule has 0 spiro atoms. The maximum atomic E-state index is 5.25. The number of thioether (sulfide) groups is 1. The van der Waals surface area contributed by atoms with Gasteiger partial charge in [-0.05, 0) is 43.2 Å². The third-order valence-electron chi connectivity index (χ3n) is 5.64. The zero-order chi connectivity index (χ0) is 21.5. The van der Waals surface area contributed by atoms with Gasteiger partial charge in [0.15, 0.2) is 11.0 Å². The second kappa shape index (κ2) is 8.11. The number of para-hydroxylation sites is 1. The molecule has 0 bridgehead atoms. The molecular formula is C24H21N5OS2. The van der Waals surface area contributed by atoms with Gasteiger partial charge in [-0.1, -0.05) is 30.0 Å².